The summed E-state index contributed by atoms with van der Waals surface area (Å²) in [4.78, 5) is 14.4. The van der Waals surface area contributed by atoms with E-state index < -0.39 is 0 Å². The molecule has 2 atom stereocenters. The molecule has 1 aromatic heterocycles. The summed E-state index contributed by atoms with van der Waals surface area (Å²) in [7, 11) is 1.63. The molecule has 134 valence electrons. The van der Waals surface area contributed by atoms with Crippen LogP contribution in [0.25, 0.3) is 5.69 Å². The standard InChI is InChI=1S/C17H22N4O3S/c1-12-8-20(9-13(2)24-12)16(22)10-25-17-19-18-11-21(17)14-6-4-5-7-15(14)23-3/h4-7,11-13H,8-10H2,1-3H3/t12-,13-/m1/s1. The van der Waals surface area contributed by atoms with Gasteiger partial charge in [0.05, 0.1) is 30.8 Å². The summed E-state index contributed by atoms with van der Waals surface area (Å²) in [6, 6.07) is 7.64. The average molecular weight is 362 g/mol. The number of hydrogen-bond donors (Lipinski definition) is 0. The van der Waals surface area contributed by atoms with Crippen molar-refractivity contribution in [1.82, 2.24) is 19.7 Å². The van der Waals surface area contributed by atoms with Crippen LogP contribution in [0.2, 0.25) is 0 Å². The van der Waals surface area contributed by atoms with Gasteiger partial charge in [0.25, 0.3) is 0 Å². The van der Waals surface area contributed by atoms with Crippen molar-refractivity contribution in [2.24, 2.45) is 0 Å². The Hall–Kier alpha value is -2.06. The van der Waals surface area contributed by atoms with E-state index in [4.69, 9.17) is 9.47 Å². The number of morpholine rings is 1. The molecule has 1 saturated heterocycles. The van der Waals surface area contributed by atoms with Gasteiger partial charge in [0.1, 0.15) is 12.1 Å². The number of amides is 1. The third kappa shape index (κ3) is 4.13. The fourth-order valence-electron chi connectivity index (χ4n) is 2.92. The van der Waals surface area contributed by atoms with E-state index in [9.17, 15) is 4.79 Å². The van der Waals surface area contributed by atoms with E-state index in [0.717, 1.165) is 11.4 Å². The molecule has 7 nitrogen and oxygen atoms in total. The maximum Gasteiger partial charge on any atom is 0.233 e. The van der Waals surface area contributed by atoms with Gasteiger partial charge in [-0.3, -0.25) is 9.36 Å². The Labute approximate surface area is 151 Å². The van der Waals surface area contributed by atoms with E-state index >= 15 is 0 Å². The van der Waals surface area contributed by atoms with Crippen molar-refractivity contribution in [3.8, 4) is 11.4 Å². The van der Waals surface area contributed by atoms with Gasteiger partial charge in [-0.2, -0.15) is 0 Å². The minimum atomic E-state index is 0.0648. The summed E-state index contributed by atoms with van der Waals surface area (Å²) in [6.45, 7) is 5.23. The first-order chi connectivity index (χ1) is 12.1. The molecule has 0 bridgehead atoms. The van der Waals surface area contributed by atoms with Crippen LogP contribution in [0.4, 0.5) is 0 Å². The number of carbonyl (C=O) groups is 1. The summed E-state index contributed by atoms with van der Waals surface area (Å²) >= 11 is 1.37. The van der Waals surface area contributed by atoms with Gasteiger partial charge in [-0.1, -0.05) is 23.9 Å². The SMILES string of the molecule is COc1ccccc1-n1cnnc1SCC(=O)N1C[C@@H](C)O[C@H](C)C1. The fourth-order valence-corrected chi connectivity index (χ4v) is 3.74. The number of hydrogen-bond acceptors (Lipinski definition) is 6. The van der Waals surface area contributed by atoms with E-state index in [2.05, 4.69) is 10.2 Å². The Balaban J connectivity index is 1.69. The molecule has 2 heterocycles. The number of rotatable bonds is 5. The lowest BCUT2D eigenvalue weighted by molar-refractivity contribution is -0.140. The van der Waals surface area contributed by atoms with Crippen LogP contribution in [0.15, 0.2) is 35.7 Å². The van der Waals surface area contributed by atoms with Crippen LogP contribution < -0.4 is 4.74 Å². The minimum absolute atomic E-state index is 0.0648. The summed E-state index contributed by atoms with van der Waals surface area (Å²) < 4.78 is 12.9. The van der Waals surface area contributed by atoms with Crippen LogP contribution in [0.1, 0.15) is 13.8 Å². The van der Waals surface area contributed by atoms with Crippen molar-refractivity contribution in [3.05, 3.63) is 30.6 Å². The van der Waals surface area contributed by atoms with Crippen LogP contribution in [0.3, 0.4) is 0 Å². The quantitative estimate of drug-likeness (QED) is 0.758. The minimum Gasteiger partial charge on any atom is -0.495 e. The maximum absolute atomic E-state index is 12.5. The van der Waals surface area contributed by atoms with Crippen molar-refractivity contribution in [2.75, 3.05) is 26.0 Å². The molecule has 1 fully saturated rings. The zero-order chi connectivity index (χ0) is 17.8. The Morgan fingerprint density at radius 3 is 2.76 bits per heavy atom. The predicted molar refractivity (Wildman–Crippen MR) is 95.2 cm³/mol. The lowest BCUT2D eigenvalue weighted by Gasteiger charge is -2.35. The van der Waals surface area contributed by atoms with Crippen LogP contribution in [0.5, 0.6) is 5.75 Å². The number of nitrogens with zero attached hydrogens (tertiary/aromatic N) is 4. The van der Waals surface area contributed by atoms with Gasteiger partial charge in [0.15, 0.2) is 5.16 Å². The highest BCUT2D eigenvalue weighted by Gasteiger charge is 2.26. The van der Waals surface area contributed by atoms with Crippen LogP contribution >= 0.6 is 11.8 Å². The molecular formula is C17H22N4O3S. The monoisotopic (exact) mass is 362 g/mol. The Bertz CT molecular complexity index is 726. The molecule has 0 saturated carbocycles. The van der Waals surface area contributed by atoms with Crippen LogP contribution in [-0.4, -0.2) is 63.7 Å². The molecule has 25 heavy (non-hydrogen) atoms. The first kappa shape index (κ1) is 17.8. The lowest BCUT2D eigenvalue weighted by Crippen LogP contribution is -2.48. The lowest BCUT2D eigenvalue weighted by atomic mass is 10.2. The molecule has 1 aliphatic heterocycles. The second-order valence-corrected chi connectivity index (χ2v) is 6.94. The van der Waals surface area contributed by atoms with Crippen LogP contribution in [0, 0.1) is 0 Å². The molecule has 1 aromatic carbocycles. The van der Waals surface area contributed by atoms with E-state index in [1.807, 2.05) is 47.6 Å². The molecule has 8 heteroatoms. The van der Waals surface area contributed by atoms with Crippen molar-refractivity contribution < 1.29 is 14.3 Å². The smallest absolute Gasteiger partial charge is 0.233 e. The number of ether oxygens (including phenoxy) is 2. The van der Waals surface area contributed by atoms with E-state index in [-0.39, 0.29) is 18.1 Å². The first-order valence-electron chi connectivity index (χ1n) is 8.18. The fraction of sp³-hybridized carbons (Fsp3) is 0.471. The molecule has 0 unspecified atom stereocenters. The molecule has 0 radical (unpaired) electrons. The van der Waals surface area contributed by atoms with Crippen molar-refractivity contribution in [2.45, 2.75) is 31.2 Å². The Kier molecular flexibility index (Phi) is 5.60. The van der Waals surface area contributed by atoms with Gasteiger partial charge >= 0.3 is 0 Å². The van der Waals surface area contributed by atoms with Crippen LogP contribution in [-0.2, 0) is 9.53 Å². The summed E-state index contributed by atoms with van der Waals surface area (Å²) in [5, 5.41) is 8.78. The van der Waals surface area contributed by atoms with E-state index in [1.165, 1.54) is 11.8 Å². The largest absolute Gasteiger partial charge is 0.495 e. The van der Waals surface area contributed by atoms with Gasteiger partial charge in [-0.05, 0) is 26.0 Å². The molecule has 1 aliphatic rings. The maximum atomic E-state index is 12.5. The zero-order valence-corrected chi connectivity index (χ0v) is 15.4. The average Bonchev–Trinajstić information content (AvgIpc) is 3.07. The third-order valence-corrected chi connectivity index (χ3v) is 4.89. The summed E-state index contributed by atoms with van der Waals surface area (Å²) in [6.07, 6.45) is 1.76. The first-order valence-corrected chi connectivity index (χ1v) is 9.16. The summed E-state index contributed by atoms with van der Waals surface area (Å²) in [5.41, 5.74) is 0.846. The van der Waals surface area contributed by atoms with Gasteiger partial charge < -0.3 is 14.4 Å². The van der Waals surface area contributed by atoms with Crippen molar-refractivity contribution >= 4 is 17.7 Å². The van der Waals surface area contributed by atoms with E-state index in [1.54, 1.807) is 13.4 Å². The molecule has 0 aliphatic carbocycles. The number of carbonyl (C=O) groups excluding carboxylic acids is 1. The third-order valence-electron chi connectivity index (χ3n) is 3.96. The Morgan fingerprint density at radius 1 is 1.32 bits per heavy atom. The highest BCUT2D eigenvalue weighted by Crippen LogP contribution is 2.26. The number of methoxy groups -OCH3 is 1. The van der Waals surface area contributed by atoms with Gasteiger partial charge in [0, 0.05) is 13.1 Å². The number of benzene rings is 1. The molecule has 3 rings (SSSR count). The van der Waals surface area contributed by atoms with Crippen molar-refractivity contribution in [3.63, 3.8) is 0 Å². The van der Waals surface area contributed by atoms with Gasteiger partial charge in [-0.25, -0.2) is 0 Å². The molecule has 1 amide bonds. The summed E-state index contributed by atoms with van der Waals surface area (Å²) in [5.74, 6) is 1.13. The van der Waals surface area contributed by atoms with E-state index in [0.29, 0.717) is 24.0 Å². The normalized spacial score (nSPS) is 20.5. The predicted octanol–water partition coefficient (Wildman–Crippen LogP) is 2.00. The van der Waals surface area contributed by atoms with Gasteiger partial charge in [-0.15, -0.1) is 10.2 Å². The second kappa shape index (κ2) is 7.88. The molecule has 0 N–H and O–H groups in total. The number of aromatic nitrogens is 3. The number of thioether (sulfide) groups is 1. The van der Waals surface area contributed by atoms with Gasteiger partial charge in [0.2, 0.25) is 5.91 Å². The number of para-hydroxylation sites is 2. The zero-order valence-electron chi connectivity index (χ0n) is 14.6. The molecule has 2 aromatic rings. The molecule has 0 spiro atoms. The highest BCUT2D eigenvalue weighted by atomic mass is 32.2. The molecular weight excluding hydrogens is 340 g/mol. The second-order valence-electron chi connectivity index (χ2n) is 6.00. The highest BCUT2D eigenvalue weighted by molar-refractivity contribution is 7.99. The Morgan fingerprint density at radius 2 is 2.04 bits per heavy atom. The topological polar surface area (TPSA) is 69.5 Å². The van der Waals surface area contributed by atoms with Crippen molar-refractivity contribution in [1.29, 1.82) is 0 Å².